The van der Waals surface area contributed by atoms with E-state index < -0.39 is 5.82 Å². The van der Waals surface area contributed by atoms with Crippen molar-refractivity contribution in [2.24, 2.45) is 5.73 Å². The highest BCUT2D eigenvalue weighted by Gasteiger charge is 2.07. The maximum absolute atomic E-state index is 13.9. The first-order valence-corrected chi connectivity index (χ1v) is 6.50. The molecule has 0 aliphatic rings. The molecule has 0 saturated carbocycles. The largest absolute Gasteiger partial charge is 0.495 e. The molecular formula is C14H12ClFN2OS. The van der Waals surface area contributed by atoms with E-state index >= 15 is 0 Å². The first-order chi connectivity index (χ1) is 9.51. The van der Waals surface area contributed by atoms with Gasteiger partial charge in [-0.3, -0.25) is 0 Å². The van der Waals surface area contributed by atoms with E-state index in [1.54, 1.807) is 30.3 Å². The van der Waals surface area contributed by atoms with Crippen molar-refractivity contribution in [2.75, 3.05) is 12.4 Å². The summed E-state index contributed by atoms with van der Waals surface area (Å²) in [6, 6.07) is 9.61. The summed E-state index contributed by atoms with van der Waals surface area (Å²) in [4.78, 5) is 0.156. The second kappa shape index (κ2) is 6.07. The number of thiocarbonyl (C=S) groups is 1. The van der Waals surface area contributed by atoms with E-state index in [0.717, 1.165) is 0 Å². The zero-order chi connectivity index (χ0) is 14.7. The lowest BCUT2D eigenvalue weighted by Crippen LogP contribution is -2.09. The van der Waals surface area contributed by atoms with Crippen molar-refractivity contribution in [3.05, 3.63) is 52.8 Å². The Balaban J connectivity index is 2.26. The Hall–Kier alpha value is -1.85. The highest BCUT2D eigenvalue weighted by Crippen LogP contribution is 2.29. The third-order valence-corrected chi connectivity index (χ3v) is 3.22. The molecule has 0 heterocycles. The minimum atomic E-state index is -0.442. The molecule has 0 spiro atoms. The smallest absolute Gasteiger partial charge is 0.147 e. The molecule has 2 aromatic rings. The summed E-state index contributed by atoms with van der Waals surface area (Å²) in [6.07, 6.45) is 0. The Morgan fingerprint density at radius 1 is 1.30 bits per heavy atom. The van der Waals surface area contributed by atoms with Crippen molar-refractivity contribution in [3.63, 3.8) is 0 Å². The zero-order valence-electron chi connectivity index (χ0n) is 10.6. The van der Waals surface area contributed by atoms with Gasteiger partial charge in [0, 0.05) is 11.3 Å². The first kappa shape index (κ1) is 14.6. The lowest BCUT2D eigenvalue weighted by molar-refractivity contribution is 0.415. The van der Waals surface area contributed by atoms with Gasteiger partial charge in [-0.05, 0) is 36.4 Å². The van der Waals surface area contributed by atoms with Crippen LogP contribution < -0.4 is 15.8 Å². The van der Waals surface area contributed by atoms with Crippen LogP contribution in [0, 0.1) is 5.82 Å². The van der Waals surface area contributed by atoms with Crippen molar-refractivity contribution >= 4 is 40.2 Å². The van der Waals surface area contributed by atoms with Gasteiger partial charge in [-0.15, -0.1) is 0 Å². The van der Waals surface area contributed by atoms with Crippen molar-refractivity contribution in [1.29, 1.82) is 0 Å². The normalized spacial score (nSPS) is 10.2. The second-order valence-corrected chi connectivity index (χ2v) is 4.88. The van der Waals surface area contributed by atoms with E-state index in [-0.39, 0.29) is 4.99 Å². The van der Waals surface area contributed by atoms with Gasteiger partial charge in [-0.25, -0.2) is 4.39 Å². The van der Waals surface area contributed by atoms with Crippen LogP contribution >= 0.6 is 23.8 Å². The van der Waals surface area contributed by atoms with Gasteiger partial charge in [0.1, 0.15) is 16.6 Å². The molecule has 6 heteroatoms. The molecule has 0 fully saturated rings. The number of ether oxygens (including phenoxy) is 1. The van der Waals surface area contributed by atoms with Crippen LogP contribution in [0.1, 0.15) is 5.56 Å². The number of nitrogens with two attached hydrogens (primary N) is 1. The summed E-state index contributed by atoms with van der Waals surface area (Å²) in [7, 11) is 1.53. The van der Waals surface area contributed by atoms with Crippen molar-refractivity contribution in [3.8, 4) is 5.75 Å². The average Bonchev–Trinajstić information content (AvgIpc) is 2.41. The first-order valence-electron chi connectivity index (χ1n) is 5.71. The maximum atomic E-state index is 13.9. The molecule has 20 heavy (non-hydrogen) atoms. The standard InChI is InChI=1S/C14H12ClFN2OS/c1-19-13-5-3-9(7-10(13)15)18-12-4-2-8(14(17)20)6-11(12)16/h2-7,18H,1H3,(H2,17,20). The highest BCUT2D eigenvalue weighted by molar-refractivity contribution is 7.80. The van der Waals surface area contributed by atoms with E-state index in [0.29, 0.717) is 27.7 Å². The lowest BCUT2D eigenvalue weighted by atomic mass is 10.2. The number of halogens is 2. The molecular weight excluding hydrogens is 299 g/mol. The molecule has 2 rings (SSSR count). The van der Waals surface area contributed by atoms with E-state index in [4.69, 9.17) is 34.3 Å². The Morgan fingerprint density at radius 3 is 2.60 bits per heavy atom. The molecule has 3 nitrogen and oxygen atoms in total. The average molecular weight is 311 g/mol. The molecule has 0 saturated heterocycles. The Morgan fingerprint density at radius 2 is 2.05 bits per heavy atom. The zero-order valence-corrected chi connectivity index (χ0v) is 12.2. The minimum Gasteiger partial charge on any atom is -0.495 e. The SMILES string of the molecule is COc1ccc(Nc2ccc(C(N)=S)cc2F)cc1Cl. The minimum absolute atomic E-state index is 0.156. The van der Waals surface area contributed by atoms with Crippen molar-refractivity contribution in [2.45, 2.75) is 0 Å². The van der Waals surface area contributed by atoms with Crippen LogP contribution in [0.4, 0.5) is 15.8 Å². The fourth-order valence-corrected chi connectivity index (χ4v) is 2.05. The molecule has 0 radical (unpaired) electrons. The molecule has 0 bridgehead atoms. The molecule has 0 atom stereocenters. The molecule has 0 aliphatic heterocycles. The number of methoxy groups -OCH3 is 1. The summed E-state index contributed by atoms with van der Waals surface area (Å²) in [6.45, 7) is 0. The van der Waals surface area contributed by atoms with Crippen LogP contribution in [0.15, 0.2) is 36.4 Å². The van der Waals surface area contributed by atoms with Gasteiger partial charge in [0.2, 0.25) is 0 Å². The van der Waals surface area contributed by atoms with Gasteiger partial charge >= 0.3 is 0 Å². The molecule has 104 valence electrons. The molecule has 2 aromatic carbocycles. The van der Waals surface area contributed by atoms with E-state index in [2.05, 4.69) is 5.32 Å². The Bertz CT molecular complexity index is 664. The molecule has 0 unspecified atom stereocenters. The second-order valence-electron chi connectivity index (χ2n) is 4.03. The number of hydrogen-bond donors (Lipinski definition) is 2. The topological polar surface area (TPSA) is 47.3 Å². The van der Waals surface area contributed by atoms with Crippen LogP contribution in [-0.2, 0) is 0 Å². The predicted octanol–water partition coefficient (Wildman–Crippen LogP) is 3.87. The fraction of sp³-hybridized carbons (Fsp3) is 0.0714. The van der Waals surface area contributed by atoms with Crippen LogP contribution in [0.25, 0.3) is 0 Å². The number of nitrogens with one attached hydrogen (secondary N) is 1. The van der Waals surface area contributed by atoms with Crippen LogP contribution in [0.2, 0.25) is 5.02 Å². The number of benzene rings is 2. The van der Waals surface area contributed by atoms with Crippen molar-refractivity contribution in [1.82, 2.24) is 0 Å². The lowest BCUT2D eigenvalue weighted by Gasteiger charge is -2.10. The summed E-state index contributed by atoms with van der Waals surface area (Å²) < 4.78 is 19.0. The Labute approximate surface area is 126 Å². The number of rotatable bonds is 4. The fourth-order valence-electron chi connectivity index (χ4n) is 1.67. The van der Waals surface area contributed by atoms with E-state index in [1.165, 1.54) is 13.2 Å². The molecule has 3 N–H and O–H groups in total. The quantitative estimate of drug-likeness (QED) is 0.842. The van der Waals surface area contributed by atoms with Gasteiger partial charge < -0.3 is 15.8 Å². The van der Waals surface area contributed by atoms with Crippen LogP contribution in [0.3, 0.4) is 0 Å². The molecule has 0 aliphatic carbocycles. The molecule has 0 amide bonds. The van der Waals surface area contributed by atoms with Crippen LogP contribution in [0.5, 0.6) is 5.75 Å². The highest BCUT2D eigenvalue weighted by atomic mass is 35.5. The maximum Gasteiger partial charge on any atom is 0.147 e. The van der Waals surface area contributed by atoms with Gasteiger partial charge in [0.25, 0.3) is 0 Å². The number of anilines is 2. The van der Waals surface area contributed by atoms with Gasteiger partial charge in [-0.2, -0.15) is 0 Å². The number of hydrogen-bond acceptors (Lipinski definition) is 3. The summed E-state index contributed by atoms with van der Waals surface area (Å²) in [5, 5.41) is 3.37. The summed E-state index contributed by atoms with van der Waals surface area (Å²) >= 11 is 10.8. The van der Waals surface area contributed by atoms with Crippen LogP contribution in [-0.4, -0.2) is 12.1 Å². The van der Waals surface area contributed by atoms with E-state index in [9.17, 15) is 4.39 Å². The van der Waals surface area contributed by atoms with Crippen molar-refractivity contribution < 1.29 is 9.13 Å². The van der Waals surface area contributed by atoms with Gasteiger partial charge in [0.15, 0.2) is 0 Å². The van der Waals surface area contributed by atoms with E-state index in [1.807, 2.05) is 0 Å². The third kappa shape index (κ3) is 3.18. The summed E-state index contributed by atoms with van der Waals surface area (Å²) in [5.41, 5.74) is 6.89. The van der Waals surface area contributed by atoms with Gasteiger partial charge in [0.05, 0.1) is 17.8 Å². The molecule has 0 aromatic heterocycles. The predicted molar refractivity (Wildman–Crippen MR) is 83.6 cm³/mol. The third-order valence-electron chi connectivity index (χ3n) is 2.68. The monoisotopic (exact) mass is 310 g/mol. The Kier molecular flexibility index (Phi) is 4.42. The summed E-state index contributed by atoms with van der Waals surface area (Å²) in [5.74, 6) is 0.115. The van der Waals surface area contributed by atoms with Gasteiger partial charge in [-0.1, -0.05) is 23.8 Å².